The van der Waals surface area contributed by atoms with Crippen molar-refractivity contribution in [2.24, 2.45) is 0 Å². The molecule has 6 nitrogen and oxygen atoms in total. The van der Waals surface area contributed by atoms with Crippen molar-refractivity contribution in [3.05, 3.63) is 124 Å². The van der Waals surface area contributed by atoms with Gasteiger partial charge in [-0.2, -0.15) is 0 Å². The van der Waals surface area contributed by atoms with E-state index < -0.39 is 23.5 Å². The maximum atomic E-state index is 13.3. The monoisotopic (exact) mass is 559 g/mol. The zero-order valence-corrected chi connectivity index (χ0v) is 22.6. The number of aryl methyl sites for hydroxylation is 1. The van der Waals surface area contributed by atoms with Gasteiger partial charge >= 0.3 is 0 Å². The smallest absolute Gasteiger partial charge is 0.296 e. The number of aliphatic hydroxyl groups is 1. The number of aromatic nitrogens is 2. The van der Waals surface area contributed by atoms with Crippen molar-refractivity contribution in [2.45, 2.75) is 23.1 Å². The van der Waals surface area contributed by atoms with Gasteiger partial charge in [-0.05, 0) is 41.8 Å². The number of benzene rings is 3. The van der Waals surface area contributed by atoms with Crippen LogP contribution in [0.3, 0.4) is 0 Å². The Morgan fingerprint density at radius 2 is 1.76 bits per heavy atom. The molecular formula is C29H22ClN3O3S2. The number of rotatable bonds is 8. The molecule has 0 saturated carbocycles. The summed E-state index contributed by atoms with van der Waals surface area (Å²) in [4.78, 5) is 28.0. The van der Waals surface area contributed by atoms with E-state index in [4.69, 9.17) is 11.6 Å². The van der Waals surface area contributed by atoms with Gasteiger partial charge in [0.1, 0.15) is 0 Å². The van der Waals surface area contributed by atoms with Gasteiger partial charge in [-0.1, -0.05) is 113 Å². The van der Waals surface area contributed by atoms with Crippen molar-refractivity contribution in [1.82, 2.24) is 10.2 Å². The molecule has 0 radical (unpaired) electrons. The van der Waals surface area contributed by atoms with Crippen molar-refractivity contribution in [1.29, 1.82) is 0 Å². The Balaban J connectivity index is 1.45. The highest BCUT2D eigenvalue weighted by atomic mass is 35.5. The topological polar surface area (TPSA) is 83.4 Å². The minimum atomic E-state index is -0.879. The van der Waals surface area contributed by atoms with Crippen LogP contribution in [0.5, 0.6) is 0 Å². The Morgan fingerprint density at radius 3 is 2.47 bits per heavy atom. The van der Waals surface area contributed by atoms with Crippen LogP contribution < -0.4 is 4.90 Å². The first-order chi connectivity index (χ1) is 18.4. The molecular weight excluding hydrogens is 538 g/mol. The van der Waals surface area contributed by atoms with Gasteiger partial charge in [0.05, 0.1) is 11.6 Å². The molecule has 3 aromatic carbocycles. The van der Waals surface area contributed by atoms with Gasteiger partial charge in [0.2, 0.25) is 5.13 Å². The molecule has 4 aromatic rings. The molecule has 1 aromatic heterocycles. The van der Waals surface area contributed by atoms with Crippen LogP contribution in [0.1, 0.15) is 28.3 Å². The van der Waals surface area contributed by atoms with Crippen molar-refractivity contribution in [2.75, 3.05) is 4.90 Å². The number of nitrogens with zero attached hydrogens (tertiary/aromatic N) is 3. The highest BCUT2D eigenvalue weighted by molar-refractivity contribution is 8.00. The lowest BCUT2D eigenvalue weighted by atomic mass is 9.96. The van der Waals surface area contributed by atoms with E-state index in [1.807, 2.05) is 37.3 Å². The van der Waals surface area contributed by atoms with E-state index in [2.05, 4.69) is 34.5 Å². The Labute approximate surface area is 233 Å². The Kier molecular flexibility index (Phi) is 7.74. The quantitative estimate of drug-likeness (QED) is 0.142. The molecule has 1 aliphatic rings. The SMILES string of the molecule is Cc1ccc(CSc2nnc(N3C(=O)C(O)=C(C(=O)/C=C/c4ccccc4)C3c3ccc(Cl)cc3)s2)cc1. The number of aliphatic hydroxyl groups excluding tert-OH is 1. The average molecular weight is 560 g/mol. The number of hydrogen-bond acceptors (Lipinski definition) is 7. The molecule has 1 amide bonds. The van der Waals surface area contributed by atoms with Gasteiger partial charge in [0.15, 0.2) is 15.9 Å². The zero-order chi connectivity index (χ0) is 26.6. The largest absolute Gasteiger partial charge is 0.503 e. The summed E-state index contributed by atoms with van der Waals surface area (Å²) in [6, 6.07) is 23.5. The van der Waals surface area contributed by atoms with Crippen LogP contribution in [-0.4, -0.2) is 27.0 Å². The van der Waals surface area contributed by atoms with Gasteiger partial charge < -0.3 is 5.11 Å². The summed E-state index contributed by atoms with van der Waals surface area (Å²) >= 11 is 8.84. The summed E-state index contributed by atoms with van der Waals surface area (Å²) in [6.45, 7) is 2.04. The Morgan fingerprint density at radius 1 is 1.05 bits per heavy atom. The van der Waals surface area contributed by atoms with E-state index in [1.54, 1.807) is 30.3 Å². The molecule has 1 N–H and O–H groups in total. The molecule has 0 bridgehead atoms. The van der Waals surface area contributed by atoms with E-state index in [9.17, 15) is 14.7 Å². The molecule has 0 fully saturated rings. The Bertz CT molecular complexity index is 1530. The maximum Gasteiger partial charge on any atom is 0.296 e. The molecule has 1 atom stereocenters. The molecule has 190 valence electrons. The molecule has 0 aliphatic carbocycles. The molecule has 38 heavy (non-hydrogen) atoms. The van der Waals surface area contributed by atoms with Gasteiger partial charge in [0, 0.05) is 10.8 Å². The summed E-state index contributed by atoms with van der Waals surface area (Å²) < 4.78 is 0.673. The molecule has 2 heterocycles. The third kappa shape index (κ3) is 5.57. The first kappa shape index (κ1) is 25.9. The fourth-order valence-electron chi connectivity index (χ4n) is 4.03. The first-order valence-corrected chi connectivity index (χ1v) is 13.9. The van der Waals surface area contributed by atoms with Crippen LogP contribution in [0.25, 0.3) is 6.08 Å². The van der Waals surface area contributed by atoms with E-state index in [-0.39, 0.29) is 5.57 Å². The third-order valence-electron chi connectivity index (χ3n) is 5.97. The summed E-state index contributed by atoms with van der Waals surface area (Å²) in [5, 5.41) is 20.2. The minimum Gasteiger partial charge on any atom is -0.503 e. The lowest BCUT2D eigenvalue weighted by Crippen LogP contribution is -2.30. The molecule has 0 spiro atoms. The lowest BCUT2D eigenvalue weighted by molar-refractivity contribution is -0.117. The van der Waals surface area contributed by atoms with Crippen molar-refractivity contribution in [3.63, 3.8) is 0 Å². The fourth-order valence-corrected chi connectivity index (χ4v) is 5.98. The summed E-state index contributed by atoms with van der Waals surface area (Å²) in [6.07, 6.45) is 3.02. The highest BCUT2D eigenvalue weighted by Gasteiger charge is 2.45. The second kappa shape index (κ2) is 11.3. The molecule has 5 rings (SSSR count). The number of carbonyl (C=O) groups is 2. The predicted octanol–water partition coefficient (Wildman–Crippen LogP) is 6.97. The van der Waals surface area contributed by atoms with Gasteiger partial charge in [-0.25, -0.2) is 0 Å². The second-order valence-electron chi connectivity index (χ2n) is 8.62. The first-order valence-electron chi connectivity index (χ1n) is 11.7. The number of anilines is 1. The van der Waals surface area contributed by atoms with Crippen LogP contribution in [0, 0.1) is 6.92 Å². The van der Waals surface area contributed by atoms with Crippen molar-refractivity contribution in [3.8, 4) is 0 Å². The number of allylic oxidation sites excluding steroid dienone is 1. The Hall–Kier alpha value is -3.72. The van der Waals surface area contributed by atoms with Gasteiger partial charge in [0.25, 0.3) is 5.91 Å². The van der Waals surface area contributed by atoms with Crippen LogP contribution in [0.4, 0.5) is 5.13 Å². The fraction of sp³-hybridized carbons (Fsp3) is 0.103. The van der Waals surface area contributed by atoms with E-state index in [0.29, 0.717) is 25.8 Å². The lowest BCUT2D eigenvalue weighted by Gasteiger charge is -2.23. The number of hydrogen-bond donors (Lipinski definition) is 1. The summed E-state index contributed by atoms with van der Waals surface area (Å²) in [5.41, 5.74) is 3.76. The number of amides is 1. The predicted molar refractivity (Wildman–Crippen MR) is 152 cm³/mol. The van der Waals surface area contributed by atoms with Crippen LogP contribution in [-0.2, 0) is 15.3 Å². The van der Waals surface area contributed by atoms with Crippen LogP contribution in [0.2, 0.25) is 5.02 Å². The molecule has 9 heteroatoms. The minimum absolute atomic E-state index is 0.0198. The summed E-state index contributed by atoms with van der Waals surface area (Å²) in [7, 11) is 0. The standard InChI is InChI=1S/C29H22ClN3O3S2/c1-18-7-9-20(10-8-18)17-37-29-32-31-28(38-29)33-25(21-12-14-22(30)15-13-21)24(26(35)27(33)36)23(34)16-11-19-5-3-2-4-6-19/h2-16,25,35H,17H2,1H3/b16-11+. The number of ketones is 1. The van der Waals surface area contributed by atoms with E-state index in [1.165, 1.54) is 39.6 Å². The zero-order valence-electron chi connectivity index (χ0n) is 20.2. The highest BCUT2D eigenvalue weighted by Crippen LogP contribution is 2.43. The number of thioether (sulfide) groups is 1. The van der Waals surface area contributed by atoms with Crippen LogP contribution in [0.15, 0.2) is 101 Å². The number of carbonyl (C=O) groups excluding carboxylic acids is 2. The van der Waals surface area contributed by atoms with E-state index >= 15 is 0 Å². The maximum absolute atomic E-state index is 13.3. The van der Waals surface area contributed by atoms with Crippen molar-refractivity contribution >= 4 is 57.6 Å². The normalized spacial score (nSPS) is 15.6. The third-order valence-corrected chi connectivity index (χ3v) is 8.35. The second-order valence-corrected chi connectivity index (χ2v) is 11.2. The van der Waals surface area contributed by atoms with Crippen LogP contribution >= 0.6 is 34.7 Å². The molecule has 0 saturated heterocycles. The van der Waals surface area contributed by atoms with Crippen molar-refractivity contribution < 1.29 is 14.7 Å². The van der Waals surface area contributed by atoms with Gasteiger partial charge in [-0.3, -0.25) is 14.5 Å². The number of halogens is 1. The summed E-state index contributed by atoms with van der Waals surface area (Å²) in [5.74, 6) is -1.08. The molecule has 1 aliphatic heterocycles. The molecule has 1 unspecified atom stereocenters. The van der Waals surface area contributed by atoms with E-state index in [0.717, 1.165) is 11.1 Å². The average Bonchev–Trinajstić information content (AvgIpc) is 3.50. The van der Waals surface area contributed by atoms with Gasteiger partial charge in [-0.15, -0.1) is 10.2 Å².